The van der Waals surface area contributed by atoms with E-state index in [2.05, 4.69) is 125 Å². The summed E-state index contributed by atoms with van der Waals surface area (Å²) in [6, 6.07) is 72.1. The zero-order valence-electron chi connectivity index (χ0n) is 43.4. The molecule has 0 fully saturated rings. The van der Waals surface area contributed by atoms with E-state index < -0.39 is 0 Å². The number of esters is 1. The Hall–Kier alpha value is -8.36. The number of amides is 1. The normalized spacial score (nSPS) is 12.4. The van der Waals surface area contributed by atoms with Gasteiger partial charge in [0.25, 0.3) is 0 Å². The van der Waals surface area contributed by atoms with Crippen molar-refractivity contribution in [1.82, 2.24) is 9.13 Å². The second kappa shape index (κ2) is 26.4. The summed E-state index contributed by atoms with van der Waals surface area (Å²) in [4.78, 5) is 46.7. The van der Waals surface area contributed by atoms with Crippen molar-refractivity contribution >= 4 is 72.7 Å². The summed E-state index contributed by atoms with van der Waals surface area (Å²) in [6.07, 6.45) is 3.47. The van der Waals surface area contributed by atoms with Crippen LogP contribution in [-0.4, -0.2) is 32.6 Å². The minimum absolute atomic E-state index is 0.0745. The average Bonchev–Trinajstić information content (AvgIpc) is 3.97. The van der Waals surface area contributed by atoms with E-state index in [1.165, 1.54) is 43.6 Å². The quantitative estimate of drug-likeness (QED) is 0.0665. The molecular formula is C66H67N3O5. The number of nitrogens with one attached hydrogen (secondary N) is 1. The molecule has 8 nitrogen and oxygen atoms in total. The molecule has 0 aliphatic rings. The molecule has 8 aromatic carbocycles. The van der Waals surface area contributed by atoms with Crippen molar-refractivity contribution in [3.8, 4) is 5.75 Å². The number of carbonyl (C=O) groups excluding carboxylic acids is 4. The molecule has 0 aliphatic carbocycles. The number of fused-ring (bicyclic) bond motifs is 6. The third-order valence-electron chi connectivity index (χ3n) is 13.4. The Labute approximate surface area is 435 Å². The van der Waals surface area contributed by atoms with Crippen molar-refractivity contribution in [3.63, 3.8) is 0 Å². The molecule has 1 amide bonds. The molecule has 0 saturated heterocycles. The Kier molecular flexibility index (Phi) is 19.0. The molecule has 376 valence electrons. The van der Waals surface area contributed by atoms with Crippen LogP contribution in [0.15, 0.2) is 218 Å². The highest BCUT2D eigenvalue weighted by molar-refractivity contribution is 6.09. The minimum Gasteiger partial charge on any atom is -0.426 e. The van der Waals surface area contributed by atoms with Gasteiger partial charge in [0.05, 0.1) is 5.92 Å². The summed E-state index contributed by atoms with van der Waals surface area (Å²) in [6.45, 7) is 11.5. The van der Waals surface area contributed by atoms with Gasteiger partial charge in [0, 0.05) is 78.4 Å². The van der Waals surface area contributed by atoms with E-state index in [-0.39, 0.29) is 47.4 Å². The predicted molar refractivity (Wildman–Crippen MR) is 305 cm³/mol. The first kappa shape index (κ1) is 53.4. The zero-order chi connectivity index (χ0) is 52.4. The molecular weight excluding hydrogens is 915 g/mol. The lowest BCUT2D eigenvalue weighted by Gasteiger charge is -2.23. The van der Waals surface area contributed by atoms with Crippen LogP contribution in [0.1, 0.15) is 100 Å². The van der Waals surface area contributed by atoms with E-state index in [1.54, 1.807) is 13.8 Å². The molecule has 1 N–H and O–H groups in total. The molecule has 10 rings (SSSR count). The fraction of sp³-hybridized carbons (Fsp3) is 0.212. The van der Waals surface area contributed by atoms with Crippen molar-refractivity contribution < 1.29 is 23.9 Å². The first-order valence-electron chi connectivity index (χ1n) is 25.7. The minimum atomic E-state index is -0.190. The van der Waals surface area contributed by atoms with E-state index in [0.717, 1.165) is 42.5 Å². The number of rotatable bonds is 14. The first-order chi connectivity index (χ1) is 36.0. The maximum atomic E-state index is 12.7. The van der Waals surface area contributed by atoms with Gasteiger partial charge in [-0.25, -0.2) is 0 Å². The van der Waals surface area contributed by atoms with Crippen LogP contribution in [0.4, 0.5) is 5.69 Å². The zero-order valence-corrected chi connectivity index (χ0v) is 43.4. The summed E-state index contributed by atoms with van der Waals surface area (Å²) in [7, 11) is 0. The molecule has 2 heterocycles. The van der Waals surface area contributed by atoms with Gasteiger partial charge in [-0.2, -0.15) is 0 Å². The molecule has 0 bridgehead atoms. The summed E-state index contributed by atoms with van der Waals surface area (Å²) < 4.78 is 10.4. The maximum absolute atomic E-state index is 12.7. The van der Waals surface area contributed by atoms with E-state index in [4.69, 9.17) is 4.74 Å². The fourth-order valence-electron chi connectivity index (χ4n) is 9.46. The first-order valence-corrected chi connectivity index (χ1v) is 25.7. The molecule has 0 radical (unpaired) electrons. The van der Waals surface area contributed by atoms with Crippen LogP contribution in [-0.2, 0) is 9.59 Å². The highest BCUT2D eigenvalue weighted by Gasteiger charge is 2.25. The Bertz CT molecular complexity index is 3070. The Balaban J connectivity index is 0.000000162. The monoisotopic (exact) mass is 982 g/mol. The number of hydrogen-bond donors (Lipinski definition) is 1. The van der Waals surface area contributed by atoms with Gasteiger partial charge in [0.2, 0.25) is 5.91 Å². The van der Waals surface area contributed by atoms with Gasteiger partial charge in [0.15, 0.2) is 11.6 Å². The number of aromatic nitrogens is 2. The SMILES string of the molecule is CC(=O)c1ccccc1.CC(=O)c1ccccc1.CCC(CC(C)C(=O)Nc1ccccc1)n1c2ccccc2c2ccccc21.CCC(CC(C)C(=O)Oc1ccccc1)n1c2ccccc2c2ccccc21. The van der Waals surface area contributed by atoms with Crippen LogP contribution in [0.5, 0.6) is 5.75 Å². The van der Waals surface area contributed by atoms with Crippen LogP contribution in [0.3, 0.4) is 0 Å². The summed E-state index contributed by atoms with van der Waals surface area (Å²) in [5, 5.41) is 8.11. The van der Waals surface area contributed by atoms with Gasteiger partial charge in [0.1, 0.15) is 5.75 Å². The molecule has 0 aliphatic heterocycles. The van der Waals surface area contributed by atoms with Crippen LogP contribution in [0, 0.1) is 11.8 Å². The Morgan fingerprint density at radius 2 is 0.730 bits per heavy atom. The number of hydrogen-bond acceptors (Lipinski definition) is 5. The lowest BCUT2D eigenvalue weighted by molar-refractivity contribution is -0.138. The van der Waals surface area contributed by atoms with E-state index in [9.17, 15) is 19.2 Å². The Morgan fingerprint density at radius 1 is 0.419 bits per heavy atom. The number of para-hydroxylation sites is 6. The smallest absolute Gasteiger partial charge is 0.314 e. The molecule has 74 heavy (non-hydrogen) atoms. The van der Waals surface area contributed by atoms with Crippen molar-refractivity contribution in [1.29, 1.82) is 0 Å². The number of ether oxygens (including phenoxy) is 1. The number of benzene rings is 8. The molecule has 0 saturated carbocycles. The van der Waals surface area contributed by atoms with Gasteiger partial charge in [-0.3, -0.25) is 19.2 Å². The van der Waals surface area contributed by atoms with E-state index >= 15 is 0 Å². The van der Waals surface area contributed by atoms with Crippen LogP contribution in [0.25, 0.3) is 43.6 Å². The van der Waals surface area contributed by atoms with Crippen molar-refractivity contribution in [2.24, 2.45) is 11.8 Å². The second-order valence-electron chi connectivity index (χ2n) is 18.6. The van der Waals surface area contributed by atoms with Gasteiger partial charge >= 0.3 is 5.97 Å². The molecule has 0 spiro atoms. The number of Topliss-reactive ketones (excluding diaryl/α,β-unsaturated/α-hetero) is 2. The number of anilines is 1. The standard InChI is InChI=1S/C25H26N2O.C25H25NO2.2C8H8O/c1-3-20(17-18(2)25(28)26-19-11-5-4-6-12-19)27-23-15-9-7-13-21(23)22-14-8-10-16-24(22)27;1-3-19(17-18(2)25(27)28-20-11-5-4-6-12-20)26-23-15-9-7-13-21(23)22-14-8-10-16-24(22)26;2*1-7(9)8-5-3-2-4-6-8/h4-16,18,20H,3,17H2,1-2H3,(H,26,28);4-16,18-19H,3,17H2,1-2H3;2*2-6H,1H3. The third kappa shape index (κ3) is 13.6. The highest BCUT2D eigenvalue weighted by atomic mass is 16.5. The number of carbonyl (C=O) groups is 4. The Morgan fingerprint density at radius 3 is 1.07 bits per heavy atom. The van der Waals surface area contributed by atoms with Gasteiger partial charge in [-0.15, -0.1) is 0 Å². The molecule has 10 aromatic rings. The summed E-state index contributed by atoms with van der Waals surface area (Å²) in [5.41, 5.74) is 7.33. The van der Waals surface area contributed by atoms with Crippen molar-refractivity contribution in [2.75, 3.05) is 5.32 Å². The van der Waals surface area contributed by atoms with E-state index in [0.29, 0.717) is 5.75 Å². The van der Waals surface area contributed by atoms with Crippen molar-refractivity contribution in [2.45, 2.75) is 79.3 Å². The van der Waals surface area contributed by atoms with Crippen LogP contribution < -0.4 is 10.1 Å². The second-order valence-corrected chi connectivity index (χ2v) is 18.6. The van der Waals surface area contributed by atoms with Crippen LogP contribution in [0.2, 0.25) is 0 Å². The lowest BCUT2D eigenvalue weighted by atomic mass is 9.98. The van der Waals surface area contributed by atoms with Gasteiger partial charge in [-0.05, 0) is 88.1 Å². The number of ketones is 2. The molecule has 8 heteroatoms. The van der Waals surface area contributed by atoms with Crippen LogP contribution >= 0.6 is 0 Å². The third-order valence-corrected chi connectivity index (χ3v) is 13.4. The fourth-order valence-corrected chi connectivity index (χ4v) is 9.46. The number of nitrogens with zero attached hydrogens (tertiary/aromatic N) is 2. The molecule has 4 unspecified atom stereocenters. The maximum Gasteiger partial charge on any atom is 0.314 e. The average molecular weight is 982 g/mol. The van der Waals surface area contributed by atoms with Gasteiger partial charge in [-0.1, -0.05) is 198 Å². The van der Waals surface area contributed by atoms with E-state index in [1.807, 2.05) is 135 Å². The topological polar surface area (TPSA) is 99.4 Å². The largest absolute Gasteiger partial charge is 0.426 e. The molecule has 4 atom stereocenters. The van der Waals surface area contributed by atoms with Crippen molar-refractivity contribution in [3.05, 3.63) is 230 Å². The lowest BCUT2D eigenvalue weighted by Crippen LogP contribution is -2.23. The summed E-state index contributed by atoms with van der Waals surface area (Å²) in [5.74, 6) is 0.474. The van der Waals surface area contributed by atoms with Gasteiger partial charge < -0.3 is 19.2 Å². The summed E-state index contributed by atoms with van der Waals surface area (Å²) >= 11 is 0. The molecule has 2 aromatic heterocycles. The predicted octanol–water partition coefficient (Wildman–Crippen LogP) is 16.6. The highest BCUT2D eigenvalue weighted by Crippen LogP contribution is 2.37.